The van der Waals surface area contributed by atoms with Gasteiger partial charge in [-0.3, -0.25) is 4.79 Å². The maximum Gasteiger partial charge on any atom is 0.324 e. The van der Waals surface area contributed by atoms with Gasteiger partial charge in [-0.1, -0.05) is 81.4 Å². The topological polar surface area (TPSA) is 61.5 Å². The lowest BCUT2D eigenvalue weighted by atomic mass is 10.2. The maximum atomic E-state index is 11.7. The smallest absolute Gasteiger partial charge is 0.324 e. The van der Waals surface area contributed by atoms with Gasteiger partial charge in [0.05, 0.1) is 13.7 Å². The number of methoxy groups -OCH3 is 1. The van der Waals surface area contributed by atoms with Gasteiger partial charge < -0.3 is 14.9 Å². The highest BCUT2D eigenvalue weighted by Crippen LogP contribution is 2.36. The lowest BCUT2D eigenvalue weighted by Gasteiger charge is -2.43. The highest BCUT2D eigenvalue weighted by atomic mass is 28.4. The third-order valence-electron chi connectivity index (χ3n) is 4.40. The van der Waals surface area contributed by atoms with Crippen LogP contribution < -0.4 is 16.1 Å². The molecule has 2 rings (SSSR count). The normalized spacial score (nSPS) is 13.3. The molecule has 0 heterocycles. The van der Waals surface area contributed by atoms with E-state index in [-0.39, 0.29) is 11.6 Å². The van der Waals surface area contributed by atoms with Gasteiger partial charge in [0, 0.05) is 0 Å². The number of hydrogen-bond acceptors (Lipinski definition) is 4. The summed E-state index contributed by atoms with van der Waals surface area (Å²) >= 11 is 0. The van der Waals surface area contributed by atoms with Crippen LogP contribution in [-0.4, -0.2) is 34.0 Å². The number of ether oxygens (including phenoxy) is 1. The number of rotatable bonds is 6. The van der Waals surface area contributed by atoms with E-state index in [1.807, 2.05) is 36.4 Å². The van der Waals surface area contributed by atoms with E-state index in [1.165, 1.54) is 7.11 Å². The molecule has 0 fully saturated rings. The first-order valence-corrected chi connectivity index (χ1v) is 10.3. The molecule has 0 saturated carbocycles. The Morgan fingerprint density at radius 1 is 1.00 bits per heavy atom. The zero-order chi connectivity index (χ0) is 18.5. The first-order valence-electron chi connectivity index (χ1n) is 8.41. The zero-order valence-electron chi connectivity index (χ0n) is 15.4. The fourth-order valence-electron chi connectivity index (χ4n) is 3.20. The molecule has 2 N–H and O–H groups in total. The van der Waals surface area contributed by atoms with Crippen molar-refractivity contribution in [3.8, 4) is 0 Å². The molecule has 0 bridgehead atoms. The van der Waals surface area contributed by atoms with Gasteiger partial charge in [0.2, 0.25) is 0 Å². The fourth-order valence-corrected chi connectivity index (χ4v) is 7.78. The van der Waals surface area contributed by atoms with Gasteiger partial charge in [-0.2, -0.15) is 0 Å². The van der Waals surface area contributed by atoms with Crippen molar-refractivity contribution >= 4 is 24.7 Å². The Kier molecular flexibility index (Phi) is 6.16. The van der Waals surface area contributed by atoms with Crippen molar-refractivity contribution in [3.05, 3.63) is 60.7 Å². The summed E-state index contributed by atoms with van der Waals surface area (Å²) in [7, 11) is -1.32. The molecule has 2 aromatic carbocycles. The molecule has 0 spiro atoms. The summed E-state index contributed by atoms with van der Waals surface area (Å²) in [6.45, 7) is 6.68. The lowest BCUT2D eigenvalue weighted by Crippen LogP contribution is -2.67. The SMILES string of the molecule is COC(=O)[C@@H](N)CO[Si](c1ccccc1)(c1ccccc1)C(C)(C)C. The first-order chi connectivity index (χ1) is 11.8. The number of benzene rings is 2. The maximum absolute atomic E-state index is 11.7. The van der Waals surface area contributed by atoms with Crippen LogP contribution in [-0.2, 0) is 14.0 Å². The van der Waals surface area contributed by atoms with E-state index in [9.17, 15) is 4.79 Å². The van der Waals surface area contributed by atoms with E-state index >= 15 is 0 Å². The predicted molar refractivity (Wildman–Crippen MR) is 104 cm³/mol. The molecule has 0 aliphatic rings. The Morgan fingerprint density at radius 3 is 1.80 bits per heavy atom. The van der Waals surface area contributed by atoms with Crippen molar-refractivity contribution in [2.45, 2.75) is 31.9 Å². The summed E-state index contributed by atoms with van der Waals surface area (Å²) < 4.78 is 11.3. The van der Waals surface area contributed by atoms with Crippen LogP contribution in [0.2, 0.25) is 5.04 Å². The third kappa shape index (κ3) is 4.00. The summed E-state index contributed by atoms with van der Waals surface area (Å²) in [5.74, 6) is -0.460. The first kappa shape index (κ1) is 19.4. The Hall–Kier alpha value is -1.95. The van der Waals surface area contributed by atoms with E-state index < -0.39 is 20.3 Å². The molecule has 0 aliphatic heterocycles. The van der Waals surface area contributed by atoms with Gasteiger partial charge in [0.15, 0.2) is 0 Å². The van der Waals surface area contributed by atoms with Crippen molar-refractivity contribution in [2.75, 3.05) is 13.7 Å². The summed E-state index contributed by atoms with van der Waals surface area (Å²) in [5, 5.41) is 2.17. The standard InChI is InChI=1S/C20H27NO3Si/c1-20(2,3)25(16-11-7-5-8-12-16,17-13-9-6-10-14-17)24-15-18(21)19(22)23-4/h5-14,18H,15,21H2,1-4H3/t18-/m0/s1. The van der Waals surface area contributed by atoms with Crippen molar-refractivity contribution in [1.29, 1.82) is 0 Å². The van der Waals surface area contributed by atoms with Crippen LogP contribution >= 0.6 is 0 Å². The fraction of sp³-hybridized carbons (Fsp3) is 0.350. The van der Waals surface area contributed by atoms with Crippen LogP contribution in [0, 0.1) is 0 Å². The second-order valence-corrected chi connectivity index (χ2v) is 11.4. The molecule has 0 aromatic heterocycles. The molecule has 1 atom stereocenters. The van der Waals surface area contributed by atoms with Crippen molar-refractivity contribution in [2.24, 2.45) is 5.73 Å². The molecule has 0 aliphatic carbocycles. The van der Waals surface area contributed by atoms with Gasteiger partial charge in [-0.15, -0.1) is 0 Å². The van der Waals surface area contributed by atoms with E-state index in [0.29, 0.717) is 0 Å². The van der Waals surface area contributed by atoms with E-state index in [2.05, 4.69) is 45.0 Å². The molecule has 4 nitrogen and oxygen atoms in total. The molecule has 0 unspecified atom stereocenters. The van der Waals surface area contributed by atoms with Crippen LogP contribution in [0.3, 0.4) is 0 Å². The van der Waals surface area contributed by atoms with Gasteiger partial charge in [0.1, 0.15) is 6.04 Å². The Labute approximate surface area is 151 Å². The van der Waals surface area contributed by atoms with Gasteiger partial charge >= 0.3 is 5.97 Å². The number of carbonyl (C=O) groups excluding carboxylic acids is 1. The second kappa shape index (κ2) is 7.95. The molecule has 5 heteroatoms. The zero-order valence-corrected chi connectivity index (χ0v) is 16.4. The van der Waals surface area contributed by atoms with Gasteiger partial charge in [-0.25, -0.2) is 0 Å². The molecule has 25 heavy (non-hydrogen) atoms. The number of esters is 1. The molecule has 0 amide bonds. The van der Waals surface area contributed by atoms with Crippen LogP contribution in [0.5, 0.6) is 0 Å². The van der Waals surface area contributed by atoms with E-state index in [0.717, 1.165) is 10.4 Å². The Bertz CT molecular complexity index is 644. The number of carbonyl (C=O) groups is 1. The van der Waals surface area contributed by atoms with E-state index in [1.54, 1.807) is 0 Å². The highest BCUT2D eigenvalue weighted by molar-refractivity contribution is 6.99. The van der Waals surface area contributed by atoms with Gasteiger partial charge in [-0.05, 0) is 15.4 Å². The van der Waals surface area contributed by atoms with Crippen LogP contribution in [0.25, 0.3) is 0 Å². The molecule has 0 saturated heterocycles. The van der Waals surface area contributed by atoms with Crippen molar-refractivity contribution < 1.29 is 14.0 Å². The Morgan fingerprint density at radius 2 is 1.44 bits per heavy atom. The van der Waals surface area contributed by atoms with Crippen LogP contribution in [0.1, 0.15) is 20.8 Å². The summed E-state index contributed by atoms with van der Waals surface area (Å²) in [5.41, 5.74) is 5.96. The monoisotopic (exact) mass is 357 g/mol. The van der Waals surface area contributed by atoms with Crippen LogP contribution in [0.15, 0.2) is 60.7 Å². The summed E-state index contributed by atoms with van der Waals surface area (Å²) in [4.78, 5) is 11.7. The minimum Gasteiger partial charge on any atom is -0.468 e. The van der Waals surface area contributed by atoms with Crippen LogP contribution in [0.4, 0.5) is 0 Å². The average molecular weight is 358 g/mol. The summed E-state index contributed by atoms with van der Waals surface area (Å²) in [6.07, 6.45) is 0. The average Bonchev–Trinajstić information content (AvgIpc) is 2.62. The van der Waals surface area contributed by atoms with Crippen molar-refractivity contribution in [3.63, 3.8) is 0 Å². The third-order valence-corrected chi connectivity index (χ3v) is 9.40. The van der Waals surface area contributed by atoms with Crippen molar-refractivity contribution in [1.82, 2.24) is 0 Å². The molecular weight excluding hydrogens is 330 g/mol. The van der Waals surface area contributed by atoms with Gasteiger partial charge in [0.25, 0.3) is 8.32 Å². The molecule has 2 aromatic rings. The molecule has 134 valence electrons. The van der Waals surface area contributed by atoms with E-state index in [4.69, 9.17) is 14.9 Å². The molecular formula is C20H27NO3Si. The quantitative estimate of drug-likeness (QED) is 0.635. The lowest BCUT2D eigenvalue weighted by molar-refractivity contribution is -0.142. The second-order valence-electron chi connectivity index (χ2n) is 7.10. The summed E-state index contributed by atoms with van der Waals surface area (Å²) in [6, 6.07) is 19.7. The minimum absolute atomic E-state index is 0.125. The predicted octanol–water partition coefficient (Wildman–Crippen LogP) is 2.06. The highest BCUT2D eigenvalue weighted by Gasteiger charge is 2.50. The minimum atomic E-state index is -2.66. The molecule has 0 radical (unpaired) electrons. The largest absolute Gasteiger partial charge is 0.468 e. The number of hydrogen-bond donors (Lipinski definition) is 1. The Balaban J connectivity index is 2.55. The number of nitrogens with two attached hydrogens (primary N) is 1.